The Labute approximate surface area is 94.6 Å². The fourth-order valence-electron chi connectivity index (χ4n) is 1.91. The molecule has 1 fully saturated rings. The zero-order chi connectivity index (χ0) is 11.6. The van der Waals surface area contributed by atoms with Crippen LogP contribution in [-0.4, -0.2) is 34.3 Å². The quantitative estimate of drug-likeness (QED) is 0.782. The Morgan fingerprint density at radius 3 is 3.12 bits per heavy atom. The van der Waals surface area contributed by atoms with Crippen LogP contribution in [0, 0.1) is 0 Å². The van der Waals surface area contributed by atoms with Gasteiger partial charge in [-0.1, -0.05) is 0 Å². The van der Waals surface area contributed by atoms with Gasteiger partial charge in [-0.3, -0.25) is 9.48 Å². The molecule has 2 N–H and O–H groups in total. The van der Waals surface area contributed by atoms with E-state index in [0.29, 0.717) is 32.5 Å². The summed E-state index contributed by atoms with van der Waals surface area (Å²) < 4.78 is 6.91. The largest absolute Gasteiger partial charge is 0.379 e. The molecule has 1 aliphatic heterocycles. The molecular weight excluding hydrogens is 206 g/mol. The van der Waals surface area contributed by atoms with Gasteiger partial charge in [0.1, 0.15) is 5.54 Å². The topological polar surface area (TPSA) is 70.1 Å². The number of carbonyl (C=O) groups is 1. The minimum Gasteiger partial charge on any atom is -0.379 e. The molecule has 1 unspecified atom stereocenters. The molecule has 16 heavy (non-hydrogen) atoms. The van der Waals surface area contributed by atoms with Gasteiger partial charge >= 0.3 is 0 Å². The van der Waals surface area contributed by atoms with Crippen LogP contribution in [0.4, 0.5) is 0 Å². The van der Waals surface area contributed by atoms with Gasteiger partial charge in [-0.2, -0.15) is 5.10 Å². The molecule has 1 aliphatic rings. The van der Waals surface area contributed by atoms with Crippen LogP contribution < -0.4 is 5.73 Å². The first kappa shape index (κ1) is 11.3. The van der Waals surface area contributed by atoms with E-state index in [1.165, 1.54) is 0 Å². The molecule has 0 aliphatic carbocycles. The average Bonchev–Trinajstić information content (AvgIpc) is 2.85. The maximum absolute atomic E-state index is 11.9. The highest BCUT2D eigenvalue weighted by Crippen LogP contribution is 2.19. The summed E-state index contributed by atoms with van der Waals surface area (Å²) in [4.78, 5) is 11.9. The van der Waals surface area contributed by atoms with Crippen molar-refractivity contribution in [2.45, 2.75) is 24.8 Å². The summed E-state index contributed by atoms with van der Waals surface area (Å²) in [5, 5.41) is 4.06. The summed E-state index contributed by atoms with van der Waals surface area (Å²) >= 11 is 0. The van der Waals surface area contributed by atoms with Gasteiger partial charge in [0.05, 0.1) is 12.8 Å². The fourth-order valence-corrected chi connectivity index (χ4v) is 1.91. The van der Waals surface area contributed by atoms with Gasteiger partial charge < -0.3 is 10.5 Å². The summed E-state index contributed by atoms with van der Waals surface area (Å²) in [6, 6.07) is 0. The van der Waals surface area contributed by atoms with Crippen LogP contribution in [0.5, 0.6) is 0 Å². The Kier molecular flexibility index (Phi) is 3.07. The van der Waals surface area contributed by atoms with E-state index >= 15 is 0 Å². The molecule has 0 radical (unpaired) electrons. The van der Waals surface area contributed by atoms with Crippen LogP contribution in [0.15, 0.2) is 12.4 Å². The predicted molar refractivity (Wildman–Crippen MR) is 58.9 cm³/mol. The Morgan fingerprint density at radius 2 is 2.56 bits per heavy atom. The summed E-state index contributed by atoms with van der Waals surface area (Å²) in [6.45, 7) is 0.952. The number of hydrogen-bond acceptors (Lipinski definition) is 4. The lowest BCUT2D eigenvalue weighted by Gasteiger charge is -2.19. The van der Waals surface area contributed by atoms with Crippen molar-refractivity contribution in [3.8, 4) is 0 Å². The van der Waals surface area contributed by atoms with Gasteiger partial charge in [0, 0.05) is 26.3 Å². The van der Waals surface area contributed by atoms with Crippen molar-refractivity contribution in [2.75, 3.05) is 13.2 Å². The van der Waals surface area contributed by atoms with E-state index in [2.05, 4.69) is 5.10 Å². The van der Waals surface area contributed by atoms with E-state index in [1.54, 1.807) is 10.9 Å². The summed E-state index contributed by atoms with van der Waals surface area (Å²) in [7, 11) is 1.86. The van der Waals surface area contributed by atoms with Crippen molar-refractivity contribution >= 4 is 5.78 Å². The van der Waals surface area contributed by atoms with Crippen molar-refractivity contribution in [3.63, 3.8) is 0 Å². The van der Waals surface area contributed by atoms with Crippen molar-refractivity contribution in [1.82, 2.24) is 9.78 Å². The number of ketones is 1. The van der Waals surface area contributed by atoms with Crippen molar-refractivity contribution in [3.05, 3.63) is 18.0 Å². The molecule has 0 aromatic carbocycles. The summed E-state index contributed by atoms with van der Waals surface area (Å²) in [5.74, 6) is 0.0915. The van der Waals surface area contributed by atoms with Crippen molar-refractivity contribution < 1.29 is 9.53 Å². The van der Waals surface area contributed by atoms with E-state index < -0.39 is 5.54 Å². The second-order valence-electron chi connectivity index (χ2n) is 4.40. The minimum absolute atomic E-state index is 0.0915. The van der Waals surface area contributed by atoms with Gasteiger partial charge in [-0.15, -0.1) is 0 Å². The first-order valence-electron chi connectivity index (χ1n) is 5.48. The zero-order valence-corrected chi connectivity index (χ0v) is 9.48. The molecule has 2 heterocycles. The Morgan fingerprint density at radius 1 is 1.75 bits per heavy atom. The van der Waals surface area contributed by atoms with Crippen LogP contribution in [0.1, 0.15) is 18.4 Å². The molecule has 0 amide bonds. The molecule has 1 aromatic rings. The zero-order valence-electron chi connectivity index (χ0n) is 9.48. The average molecular weight is 223 g/mol. The summed E-state index contributed by atoms with van der Waals surface area (Å²) in [5.41, 5.74) is 6.30. The molecule has 88 valence electrons. The second-order valence-corrected chi connectivity index (χ2v) is 4.40. The minimum atomic E-state index is -0.748. The maximum atomic E-state index is 11.9. The van der Waals surface area contributed by atoms with E-state index in [-0.39, 0.29) is 5.78 Å². The monoisotopic (exact) mass is 223 g/mol. The highest BCUT2D eigenvalue weighted by Gasteiger charge is 2.37. The van der Waals surface area contributed by atoms with Gasteiger partial charge in [-0.25, -0.2) is 0 Å². The standard InChI is InChI=1S/C11H17N3O2/c1-14-7-9(6-13-14)2-3-10(15)11(12)4-5-16-8-11/h6-7H,2-5,8,12H2,1H3. The molecule has 2 rings (SSSR count). The normalized spacial score (nSPS) is 24.9. The Hall–Kier alpha value is -1.20. The van der Waals surface area contributed by atoms with Crippen LogP contribution in [0.25, 0.3) is 0 Å². The molecule has 1 aromatic heterocycles. The first-order valence-corrected chi connectivity index (χ1v) is 5.48. The Balaban J connectivity index is 1.88. The van der Waals surface area contributed by atoms with E-state index in [1.807, 2.05) is 13.2 Å². The number of hydrogen-bond donors (Lipinski definition) is 1. The Bertz CT molecular complexity index is 380. The molecule has 1 atom stereocenters. The van der Waals surface area contributed by atoms with Crippen molar-refractivity contribution in [1.29, 1.82) is 0 Å². The summed E-state index contributed by atoms with van der Waals surface area (Å²) in [6.07, 6.45) is 5.50. The van der Waals surface area contributed by atoms with E-state index in [4.69, 9.17) is 10.5 Å². The lowest BCUT2D eigenvalue weighted by molar-refractivity contribution is -0.124. The third-order valence-corrected chi connectivity index (χ3v) is 3.01. The number of ether oxygens (including phenoxy) is 1. The van der Waals surface area contributed by atoms with Crippen LogP contribution in [0.2, 0.25) is 0 Å². The molecule has 5 heteroatoms. The number of rotatable bonds is 4. The van der Waals surface area contributed by atoms with Crippen molar-refractivity contribution in [2.24, 2.45) is 12.8 Å². The lowest BCUT2D eigenvalue weighted by atomic mass is 9.91. The van der Waals surface area contributed by atoms with E-state index in [0.717, 1.165) is 5.56 Å². The molecule has 0 bridgehead atoms. The number of nitrogens with two attached hydrogens (primary N) is 1. The number of carbonyl (C=O) groups excluding carboxylic acids is 1. The highest BCUT2D eigenvalue weighted by molar-refractivity contribution is 5.88. The molecule has 5 nitrogen and oxygen atoms in total. The number of aromatic nitrogens is 2. The smallest absolute Gasteiger partial charge is 0.155 e. The van der Waals surface area contributed by atoms with Gasteiger partial charge in [0.25, 0.3) is 0 Å². The van der Waals surface area contributed by atoms with Crippen LogP contribution >= 0.6 is 0 Å². The molecule has 1 saturated heterocycles. The SMILES string of the molecule is Cn1cc(CCC(=O)C2(N)CCOC2)cn1. The maximum Gasteiger partial charge on any atom is 0.155 e. The number of aryl methyl sites for hydroxylation is 2. The van der Waals surface area contributed by atoms with Crippen LogP contribution in [0.3, 0.4) is 0 Å². The fraction of sp³-hybridized carbons (Fsp3) is 0.636. The lowest BCUT2D eigenvalue weighted by Crippen LogP contribution is -2.48. The molecule has 0 saturated carbocycles. The van der Waals surface area contributed by atoms with E-state index in [9.17, 15) is 4.79 Å². The third kappa shape index (κ3) is 2.31. The molecule has 0 spiro atoms. The number of nitrogens with zero attached hydrogens (tertiary/aromatic N) is 2. The first-order chi connectivity index (χ1) is 7.60. The highest BCUT2D eigenvalue weighted by atomic mass is 16.5. The second kappa shape index (κ2) is 4.35. The third-order valence-electron chi connectivity index (χ3n) is 3.01. The van der Waals surface area contributed by atoms with Gasteiger partial charge in [0.15, 0.2) is 5.78 Å². The van der Waals surface area contributed by atoms with Gasteiger partial charge in [-0.05, 0) is 18.4 Å². The number of Topliss-reactive ketones (excluding diaryl/α,β-unsaturated/α-hetero) is 1. The van der Waals surface area contributed by atoms with Crippen LogP contribution in [-0.2, 0) is 23.0 Å². The predicted octanol–water partition coefficient (Wildman–Crippen LogP) is 0.0396. The van der Waals surface area contributed by atoms with Gasteiger partial charge in [0.2, 0.25) is 0 Å². The molecular formula is C11H17N3O2.